The Kier molecular flexibility index (Phi) is 5.29. The van der Waals surface area contributed by atoms with Crippen molar-refractivity contribution in [1.29, 1.82) is 0 Å². The van der Waals surface area contributed by atoms with Crippen LogP contribution in [0.25, 0.3) is 44.4 Å². The highest BCUT2D eigenvalue weighted by atomic mass is 32.1. The van der Waals surface area contributed by atoms with Crippen molar-refractivity contribution in [3.05, 3.63) is 111 Å². The summed E-state index contributed by atoms with van der Waals surface area (Å²) in [6.45, 7) is 5.78. The first-order valence-electron chi connectivity index (χ1n) is 10.6. The molecule has 3 heterocycles. The van der Waals surface area contributed by atoms with Crippen LogP contribution in [-0.4, -0.2) is 9.55 Å². The Hall–Kier alpha value is -3.76. The van der Waals surface area contributed by atoms with Crippen LogP contribution in [0.3, 0.4) is 0 Å². The molecule has 156 valence electrons. The fourth-order valence-corrected chi connectivity index (χ4v) is 5.19. The Morgan fingerprint density at radius 1 is 1.19 bits per heavy atom. The first-order valence-corrected chi connectivity index (χ1v) is 11.4. The van der Waals surface area contributed by atoms with E-state index in [2.05, 4.69) is 54.5 Å². The molecule has 5 rings (SSSR count). The Morgan fingerprint density at radius 2 is 2.06 bits per heavy atom. The molecule has 0 spiro atoms. The Labute approximate surface area is 190 Å². The summed E-state index contributed by atoms with van der Waals surface area (Å²) in [6, 6.07) is 11.9. The number of aromatic nitrogens is 2. The maximum Gasteiger partial charge on any atom is 0.255 e. The predicted octanol–water partition coefficient (Wildman–Crippen LogP) is 5.26. The second kappa shape index (κ2) is 8.40. The van der Waals surface area contributed by atoms with Gasteiger partial charge in [-0.15, -0.1) is 11.3 Å². The fraction of sp³-hybridized carbons (Fsp3) is 0.0714. The number of rotatable bonds is 4. The van der Waals surface area contributed by atoms with Gasteiger partial charge in [0.1, 0.15) is 0 Å². The SMILES string of the molecule is C=C/C=C(\C=C/C)n1c(=O)ccc2cnc3c(c21)=CC(c1csc2ccccc12)=CCC=3. The van der Waals surface area contributed by atoms with Crippen LogP contribution in [0.4, 0.5) is 0 Å². The van der Waals surface area contributed by atoms with Gasteiger partial charge in [0.15, 0.2) is 0 Å². The predicted molar refractivity (Wildman–Crippen MR) is 138 cm³/mol. The minimum atomic E-state index is -0.0822. The number of benzene rings is 1. The molecule has 3 aromatic heterocycles. The van der Waals surface area contributed by atoms with E-state index in [1.165, 1.54) is 15.6 Å². The Morgan fingerprint density at radius 3 is 2.91 bits per heavy atom. The third-order valence-corrected chi connectivity index (χ3v) is 6.59. The molecular weight excluding hydrogens is 412 g/mol. The van der Waals surface area contributed by atoms with E-state index >= 15 is 0 Å². The molecule has 0 atom stereocenters. The molecule has 1 aliphatic rings. The summed E-state index contributed by atoms with van der Waals surface area (Å²) in [4.78, 5) is 17.8. The van der Waals surface area contributed by atoms with E-state index in [1.807, 2.05) is 37.4 Å². The van der Waals surface area contributed by atoms with E-state index in [0.717, 1.165) is 39.2 Å². The van der Waals surface area contributed by atoms with Crippen molar-refractivity contribution in [2.75, 3.05) is 0 Å². The molecule has 4 heteroatoms. The minimum absolute atomic E-state index is 0.0822. The van der Waals surface area contributed by atoms with Gasteiger partial charge in [-0.2, -0.15) is 0 Å². The molecule has 0 radical (unpaired) electrons. The van der Waals surface area contributed by atoms with Gasteiger partial charge in [0.2, 0.25) is 0 Å². The molecule has 0 fully saturated rings. The zero-order chi connectivity index (χ0) is 22.1. The number of fused-ring (bicyclic) bond motifs is 4. The second-order valence-electron chi connectivity index (χ2n) is 7.58. The number of nitrogens with zero attached hydrogens (tertiary/aromatic N) is 2. The van der Waals surface area contributed by atoms with Crippen LogP contribution in [0.1, 0.15) is 18.9 Å². The van der Waals surface area contributed by atoms with Crippen molar-refractivity contribution in [2.24, 2.45) is 0 Å². The third-order valence-electron chi connectivity index (χ3n) is 5.62. The van der Waals surface area contributed by atoms with Gasteiger partial charge >= 0.3 is 0 Å². The lowest BCUT2D eigenvalue weighted by Crippen LogP contribution is -2.33. The molecule has 32 heavy (non-hydrogen) atoms. The van der Waals surface area contributed by atoms with Crippen molar-refractivity contribution in [2.45, 2.75) is 13.3 Å². The molecule has 1 aromatic carbocycles. The highest BCUT2D eigenvalue weighted by molar-refractivity contribution is 7.17. The number of hydrogen-bond acceptors (Lipinski definition) is 3. The fourth-order valence-electron chi connectivity index (χ4n) is 4.22. The second-order valence-corrected chi connectivity index (χ2v) is 8.50. The average molecular weight is 435 g/mol. The summed E-state index contributed by atoms with van der Waals surface area (Å²) in [5.74, 6) is 0. The van der Waals surface area contributed by atoms with Crippen molar-refractivity contribution < 1.29 is 0 Å². The lowest BCUT2D eigenvalue weighted by Gasteiger charge is -2.12. The highest BCUT2D eigenvalue weighted by Crippen LogP contribution is 2.32. The average Bonchev–Trinajstić information content (AvgIpc) is 3.11. The van der Waals surface area contributed by atoms with E-state index in [4.69, 9.17) is 4.98 Å². The van der Waals surface area contributed by atoms with Crippen molar-refractivity contribution >= 4 is 55.7 Å². The first-order chi connectivity index (χ1) is 15.7. The summed E-state index contributed by atoms with van der Waals surface area (Å²) < 4.78 is 3.03. The topological polar surface area (TPSA) is 34.9 Å². The maximum absolute atomic E-state index is 13.1. The van der Waals surface area contributed by atoms with Crippen molar-refractivity contribution in [3.63, 3.8) is 0 Å². The molecule has 0 aliphatic heterocycles. The van der Waals surface area contributed by atoms with Crippen LogP contribution >= 0.6 is 11.3 Å². The standard InChI is InChI=1S/C28H22N2OS/c1-3-8-21(9-4-2)30-27(31)15-14-20-17-29-25-12-7-10-19(16-23(25)28(20)30)24-18-32-26-13-6-5-11-22(24)26/h3-6,8-18H,1,7H2,2H3/b9-4-,21-8+. The molecule has 0 N–H and O–H groups in total. The molecule has 0 bridgehead atoms. The first kappa shape index (κ1) is 20.2. The lowest BCUT2D eigenvalue weighted by molar-refractivity contribution is 1.06. The lowest BCUT2D eigenvalue weighted by atomic mass is 10.0. The van der Waals surface area contributed by atoms with Crippen LogP contribution in [-0.2, 0) is 0 Å². The van der Waals surface area contributed by atoms with Gasteiger partial charge < -0.3 is 0 Å². The van der Waals surface area contributed by atoms with Crippen LogP contribution in [0.2, 0.25) is 0 Å². The zero-order valence-electron chi connectivity index (χ0n) is 17.8. The number of thiophene rings is 1. The molecule has 4 aromatic rings. The van der Waals surface area contributed by atoms with Crippen molar-refractivity contribution in [1.82, 2.24) is 9.55 Å². The third kappa shape index (κ3) is 3.39. The molecule has 3 nitrogen and oxygen atoms in total. The minimum Gasteiger partial charge on any atom is -0.276 e. The van der Waals surface area contributed by atoms with Gasteiger partial charge in [-0.3, -0.25) is 14.3 Å². The number of allylic oxidation sites excluding steroid dienone is 7. The van der Waals surface area contributed by atoms with Gasteiger partial charge in [-0.1, -0.05) is 49.1 Å². The largest absolute Gasteiger partial charge is 0.276 e. The number of hydrogen-bond donors (Lipinski definition) is 0. The van der Waals surface area contributed by atoms with Gasteiger partial charge in [0, 0.05) is 38.7 Å². The molecule has 0 amide bonds. The monoisotopic (exact) mass is 434 g/mol. The Balaban J connectivity index is 1.89. The summed E-state index contributed by atoms with van der Waals surface area (Å²) in [5.41, 5.74) is 3.91. The molecule has 0 saturated carbocycles. The van der Waals surface area contributed by atoms with Gasteiger partial charge in [-0.05, 0) is 60.2 Å². The highest BCUT2D eigenvalue weighted by Gasteiger charge is 2.13. The molecule has 0 unspecified atom stereocenters. The quantitative estimate of drug-likeness (QED) is 0.411. The van der Waals surface area contributed by atoms with E-state index in [0.29, 0.717) is 0 Å². The normalized spacial score (nSPS) is 14.0. The van der Waals surface area contributed by atoms with E-state index < -0.39 is 0 Å². The van der Waals surface area contributed by atoms with Gasteiger partial charge in [-0.25, -0.2) is 0 Å². The summed E-state index contributed by atoms with van der Waals surface area (Å²) in [5, 5.41) is 6.23. The van der Waals surface area contributed by atoms with Gasteiger partial charge in [0.05, 0.1) is 10.9 Å². The smallest absolute Gasteiger partial charge is 0.255 e. The van der Waals surface area contributed by atoms with Crippen LogP contribution < -0.4 is 16.1 Å². The van der Waals surface area contributed by atoms with E-state index in [9.17, 15) is 4.79 Å². The van der Waals surface area contributed by atoms with E-state index in [1.54, 1.807) is 28.0 Å². The van der Waals surface area contributed by atoms with Crippen LogP contribution in [0.5, 0.6) is 0 Å². The summed E-state index contributed by atoms with van der Waals surface area (Å²) in [6.07, 6.45) is 16.6. The summed E-state index contributed by atoms with van der Waals surface area (Å²) >= 11 is 1.75. The summed E-state index contributed by atoms with van der Waals surface area (Å²) in [7, 11) is 0. The van der Waals surface area contributed by atoms with Crippen LogP contribution in [0, 0.1) is 0 Å². The zero-order valence-corrected chi connectivity index (χ0v) is 18.6. The van der Waals surface area contributed by atoms with Gasteiger partial charge in [0.25, 0.3) is 5.56 Å². The molecule has 0 saturated heterocycles. The van der Waals surface area contributed by atoms with Crippen LogP contribution in [0.15, 0.2) is 89.7 Å². The Bertz CT molecular complexity index is 1640. The number of pyridine rings is 2. The van der Waals surface area contributed by atoms with Crippen molar-refractivity contribution in [3.8, 4) is 0 Å². The van der Waals surface area contributed by atoms with E-state index in [-0.39, 0.29) is 5.56 Å². The molecule has 1 aliphatic carbocycles. The molecular formula is C28H22N2OS. The maximum atomic E-state index is 13.1.